The van der Waals surface area contributed by atoms with E-state index < -0.39 is 0 Å². The fraction of sp³-hybridized carbons (Fsp3) is 0.545. The summed E-state index contributed by atoms with van der Waals surface area (Å²) in [5.74, 6) is 2.37. The summed E-state index contributed by atoms with van der Waals surface area (Å²) in [6, 6.07) is 6.27. The topological polar surface area (TPSA) is 65.8 Å². The fourth-order valence-electron chi connectivity index (χ4n) is 4.28. The van der Waals surface area contributed by atoms with Gasteiger partial charge in [0.15, 0.2) is 11.5 Å². The molecule has 0 bridgehead atoms. The maximum atomic E-state index is 13.2. The van der Waals surface area contributed by atoms with E-state index >= 15 is 0 Å². The number of aromatic nitrogens is 2. The monoisotopic (exact) mass is 399 g/mol. The fourth-order valence-corrected chi connectivity index (χ4v) is 4.28. The van der Waals surface area contributed by atoms with E-state index in [0.717, 1.165) is 62.5 Å². The van der Waals surface area contributed by atoms with Crippen LogP contribution in [0.1, 0.15) is 47.6 Å². The van der Waals surface area contributed by atoms with Crippen molar-refractivity contribution in [3.8, 4) is 11.5 Å². The Bertz CT molecular complexity index is 840. The van der Waals surface area contributed by atoms with Crippen molar-refractivity contribution in [3.05, 3.63) is 41.5 Å². The predicted molar refractivity (Wildman–Crippen MR) is 108 cm³/mol. The van der Waals surface area contributed by atoms with Gasteiger partial charge in [0.25, 0.3) is 5.91 Å². The molecule has 0 aliphatic carbocycles. The summed E-state index contributed by atoms with van der Waals surface area (Å²) in [4.78, 5) is 19.8. The van der Waals surface area contributed by atoms with Gasteiger partial charge in [-0.05, 0) is 49.8 Å². The second-order valence-electron chi connectivity index (χ2n) is 7.66. The highest BCUT2D eigenvalue weighted by atomic mass is 16.5. The predicted octanol–water partition coefficient (Wildman–Crippen LogP) is 3.06. The largest absolute Gasteiger partial charge is 0.493 e. The van der Waals surface area contributed by atoms with E-state index in [1.807, 2.05) is 27.8 Å². The van der Waals surface area contributed by atoms with Crippen molar-refractivity contribution in [1.82, 2.24) is 14.5 Å². The van der Waals surface area contributed by atoms with Crippen molar-refractivity contribution in [2.24, 2.45) is 0 Å². The number of rotatable bonds is 6. The Morgan fingerprint density at radius 1 is 1.21 bits per heavy atom. The minimum atomic E-state index is 0.0453. The maximum absolute atomic E-state index is 13.2. The Morgan fingerprint density at radius 2 is 2.07 bits per heavy atom. The smallest absolute Gasteiger partial charge is 0.274 e. The van der Waals surface area contributed by atoms with Crippen LogP contribution in [0.3, 0.4) is 0 Å². The average molecular weight is 399 g/mol. The van der Waals surface area contributed by atoms with Crippen LogP contribution < -0.4 is 9.47 Å². The zero-order valence-electron chi connectivity index (χ0n) is 17.2. The number of imidazole rings is 1. The summed E-state index contributed by atoms with van der Waals surface area (Å²) >= 11 is 0. The third kappa shape index (κ3) is 4.24. The molecule has 0 spiro atoms. The van der Waals surface area contributed by atoms with E-state index in [9.17, 15) is 4.79 Å². The van der Waals surface area contributed by atoms with Crippen molar-refractivity contribution in [2.45, 2.75) is 51.3 Å². The van der Waals surface area contributed by atoms with Gasteiger partial charge in [-0.15, -0.1) is 0 Å². The van der Waals surface area contributed by atoms with Crippen LogP contribution in [0.5, 0.6) is 11.5 Å². The molecular formula is C22H29N3O4. The first-order valence-corrected chi connectivity index (χ1v) is 10.3. The molecule has 1 aromatic heterocycles. The number of benzene rings is 1. The van der Waals surface area contributed by atoms with Gasteiger partial charge < -0.3 is 23.7 Å². The van der Waals surface area contributed by atoms with E-state index in [4.69, 9.17) is 14.2 Å². The molecule has 156 valence electrons. The van der Waals surface area contributed by atoms with Crippen LogP contribution in [0.25, 0.3) is 0 Å². The van der Waals surface area contributed by atoms with Crippen LogP contribution in [0, 0.1) is 0 Å². The highest BCUT2D eigenvalue weighted by Crippen LogP contribution is 2.29. The number of hydrogen-bond donors (Lipinski definition) is 0. The SMILES string of the molecule is COc1ccc(CCC2CCCCN2C(=O)c2cn3c(n2)COCC3)cc1OC. The lowest BCUT2D eigenvalue weighted by molar-refractivity contribution is 0.0596. The van der Waals surface area contributed by atoms with Gasteiger partial charge in [0.05, 0.1) is 20.8 Å². The van der Waals surface area contributed by atoms with E-state index in [1.54, 1.807) is 14.2 Å². The lowest BCUT2D eigenvalue weighted by Crippen LogP contribution is -2.44. The van der Waals surface area contributed by atoms with Crippen molar-refractivity contribution in [2.75, 3.05) is 27.4 Å². The summed E-state index contributed by atoms with van der Waals surface area (Å²) in [6.45, 7) is 2.72. The lowest BCUT2D eigenvalue weighted by atomic mass is 9.95. The summed E-state index contributed by atoms with van der Waals surface area (Å²) in [6.07, 6.45) is 6.96. The molecule has 1 fully saturated rings. The van der Waals surface area contributed by atoms with Crippen molar-refractivity contribution < 1.29 is 19.0 Å². The van der Waals surface area contributed by atoms with E-state index in [2.05, 4.69) is 11.1 Å². The van der Waals surface area contributed by atoms with Gasteiger partial charge in [0, 0.05) is 25.3 Å². The van der Waals surface area contributed by atoms with Crippen LogP contribution in [-0.4, -0.2) is 53.8 Å². The third-order valence-electron chi connectivity index (χ3n) is 5.89. The number of carbonyl (C=O) groups is 1. The Balaban J connectivity index is 1.45. The molecule has 0 saturated carbocycles. The maximum Gasteiger partial charge on any atom is 0.274 e. The number of aryl methyl sites for hydroxylation is 1. The minimum Gasteiger partial charge on any atom is -0.493 e. The number of hydrogen-bond acceptors (Lipinski definition) is 5. The number of piperidine rings is 1. The summed E-state index contributed by atoms with van der Waals surface area (Å²) in [5, 5.41) is 0. The normalized spacial score (nSPS) is 19.0. The molecule has 29 heavy (non-hydrogen) atoms. The molecule has 0 N–H and O–H groups in total. The molecule has 1 unspecified atom stereocenters. The lowest BCUT2D eigenvalue weighted by Gasteiger charge is -2.35. The van der Waals surface area contributed by atoms with Crippen LogP contribution in [0.2, 0.25) is 0 Å². The second kappa shape index (κ2) is 8.86. The Morgan fingerprint density at radius 3 is 2.86 bits per heavy atom. The second-order valence-corrected chi connectivity index (χ2v) is 7.66. The molecule has 7 heteroatoms. The Labute approximate surface area is 171 Å². The van der Waals surface area contributed by atoms with Crippen molar-refractivity contribution >= 4 is 5.91 Å². The Hall–Kier alpha value is -2.54. The quantitative estimate of drug-likeness (QED) is 0.747. The Kier molecular flexibility index (Phi) is 6.04. The summed E-state index contributed by atoms with van der Waals surface area (Å²) < 4.78 is 18.2. The number of nitrogens with zero attached hydrogens (tertiary/aromatic N) is 3. The first-order chi connectivity index (χ1) is 14.2. The number of carbonyl (C=O) groups excluding carboxylic acids is 1. The molecule has 2 aromatic rings. The molecule has 7 nitrogen and oxygen atoms in total. The van der Waals surface area contributed by atoms with Gasteiger partial charge in [-0.2, -0.15) is 0 Å². The minimum absolute atomic E-state index is 0.0453. The highest BCUT2D eigenvalue weighted by Gasteiger charge is 2.29. The van der Waals surface area contributed by atoms with Crippen LogP contribution in [0.4, 0.5) is 0 Å². The molecule has 3 heterocycles. The number of fused-ring (bicyclic) bond motifs is 1. The van der Waals surface area contributed by atoms with Gasteiger partial charge in [0.1, 0.15) is 18.1 Å². The molecule has 1 aromatic carbocycles. The third-order valence-corrected chi connectivity index (χ3v) is 5.89. The highest BCUT2D eigenvalue weighted by molar-refractivity contribution is 5.92. The standard InChI is InChI=1S/C22H29N3O4/c1-27-19-9-7-16(13-20(19)28-2)6-8-17-5-3-4-10-25(17)22(26)18-14-24-11-12-29-15-21(24)23-18/h7,9,13-14,17H,3-6,8,10-12,15H2,1-2H3. The number of likely N-dealkylation sites (tertiary alicyclic amines) is 1. The number of ether oxygens (including phenoxy) is 3. The molecule has 1 saturated heterocycles. The number of amides is 1. The van der Waals surface area contributed by atoms with Crippen LogP contribution in [-0.2, 0) is 24.3 Å². The van der Waals surface area contributed by atoms with Gasteiger partial charge in [0.2, 0.25) is 0 Å². The van der Waals surface area contributed by atoms with Gasteiger partial charge in [-0.1, -0.05) is 6.07 Å². The van der Waals surface area contributed by atoms with Crippen LogP contribution in [0.15, 0.2) is 24.4 Å². The van der Waals surface area contributed by atoms with Crippen molar-refractivity contribution in [3.63, 3.8) is 0 Å². The number of methoxy groups -OCH3 is 2. The van der Waals surface area contributed by atoms with Crippen molar-refractivity contribution in [1.29, 1.82) is 0 Å². The molecule has 1 amide bonds. The summed E-state index contributed by atoms with van der Waals surface area (Å²) in [7, 11) is 3.29. The molecule has 2 aliphatic heterocycles. The summed E-state index contributed by atoms with van der Waals surface area (Å²) in [5.41, 5.74) is 1.73. The zero-order chi connectivity index (χ0) is 20.2. The molecule has 2 aliphatic rings. The van der Waals surface area contributed by atoms with E-state index in [0.29, 0.717) is 18.9 Å². The van der Waals surface area contributed by atoms with E-state index in [1.165, 1.54) is 5.56 Å². The van der Waals surface area contributed by atoms with Gasteiger partial charge >= 0.3 is 0 Å². The average Bonchev–Trinajstić information content (AvgIpc) is 3.21. The van der Waals surface area contributed by atoms with Gasteiger partial charge in [-0.3, -0.25) is 4.79 Å². The molecule has 1 atom stereocenters. The van der Waals surface area contributed by atoms with Crippen LogP contribution >= 0.6 is 0 Å². The first kappa shape index (κ1) is 19.8. The first-order valence-electron chi connectivity index (χ1n) is 10.3. The molecular weight excluding hydrogens is 370 g/mol. The molecule has 0 radical (unpaired) electrons. The van der Waals surface area contributed by atoms with E-state index in [-0.39, 0.29) is 11.9 Å². The van der Waals surface area contributed by atoms with Gasteiger partial charge in [-0.25, -0.2) is 4.98 Å². The zero-order valence-corrected chi connectivity index (χ0v) is 17.2. The molecule has 4 rings (SSSR count).